The molecule has 3 nitrogen and oxygen atoms in total. The van der Waals surface area contributed by atoms with Crippen LogP contribution in [0.2, 0.25) is 0 Å². The van der Waals surface area contributed by atoms with Gasteiger partial charge in [0, 0.05) is 6.42 Å². The van der Waals surface area contributed by atoms with Crippen molar-refractivity contribution >= 4 is 0 Å². The summed E-state index contributed by atoms with van der Waals surface area (Å²) in [5, 5.41) is 0. The van der Waals surface area contributed by atoms with Gasteiger partial charge in [0.2, 0.25) is 0 Å². The topological polar surface area (TPSA) is 37.6 Å². The fourth-order valence-electron chi connectivity index (χ4n) is 4.00. The summed E-state index contributed by atoms with van der Waals surface area (Å²) in [6, 6.07) is 0. The quantitative estimate of drug-likeness (QED) is 0.622. The Kier molecular flexibility index (Phi) is 2.03. The largest absolute Gasteiger partial charge is 0.369 e. The molecule has 0 spiro atoms. The van der Waals surface area contributed by atoms with Crippen molar-refractivity contribution in [2.45, 2.75) is 89.0 Å². The Morgan fingerprint density at radius 3 is 2.39 bits per heavy atom. The van der Waals surface area contributed by atoms with E-state index in [1.165, 1.54) is 0 Å². The summed E-state index contributed by atoms with van der Waals surface area (Å²) in [5.41, 5.74) is 0.428. The lowest BCUT2D eigenvalue weighted by atomic mass is 9.80. The number of epoxide rings is 3. The molecule has 3 saturated heterocycles. The maximum atomic E-state index is 5.97. The maximum Gasteiger partial charge on any atom is 0.0946 e. The van der Waals surface area contributed by atoms with Gasteiger partial charge in [0.05, 0.1) is 35.6 Å². The zero-order valence-electron chi connectivity index (χ0n) is 11.9. The van der Waals surface area contributed by atoms with Gasteiger partial charge >= 0.3 is 0 Å². The predicted octanol–water partition coefficient (Wildman–Crippen LogP) is 2.67. The summed E-state index contributed by atoms with van der Waals surface area (Å²) in [5.74, 6) is 0. The molecule has 4 fully saturated rings. The standard InChI is InChI=1S/C15H24O3/c1-13(2)8-11-14(3,18-11)6-5-10-15(4,17-10)7-9-12(13)16-9/h9-12H,5-8H2,1-4H3/t9-,10-,11+,12+,14+,15-/m0/s1. The van der Waals surface area contributed by atoms with Crippen LogP contribution in [0, 0.1) is 5.41 Å². The molecular formula is C15H24O3. The Morgan fingerprint density at radius 1 is 0.889 bits per heavy atom. The van der Waals surface area contributed by atoms with E-state index in [1.807, 2.05) is 0 Å². The predicted molar refractivity (Wildman–Crippen MR) is 67.5 cm³/mol. The summed E-state index contributed by atoms with van der Waals surface area (Å²) in [6.45, 7) is 9.15. The van der Waals surface area contributed by atoms with Gasteiger partial charge in [-0.15, -0.1) is 0 Å². The summed E-state index contributed by atoms with van der Waals surface area (Å²) >= 11 is 0. The van der Waals surface area contributed by atoms with Crippen molar-refractivity contribution in [1.29, 1.82) is 0 Å². The molecule has 3 heterocycles. The monoisotopic (exact) mass is 252 g/mol. The van der Waals surface area contributed by atoms with Crippen LogP contribution in [0.1, 0.15) is 53.4 Å². The average molecular weight is 252 g/mol. The van der Waals surface area contributed by atoms with Crippen molar-refractivity contribution in [2.75, 3.05) is 0 Å². The van der Waals surface area contributed by atoms with Gasteiger partial charge in [-0.3, -0.25) is 0 Å². The highest BCUT2D eigenvalue weighted by molar-refractivity contribution is 5.12. The van der Waals surface area contributed by atoms with Gasteiger partial charge in [-0.1, -0.05) is 13.8 Å². The molecule has 1 aliphatic carbocycles. The zero-order chi connectivity index (χ0) is 12.8. The lowest BCUT2D eigenvalue weighted by Crippen LogP contribution is -2.26. The van der Waals surface area contributed by atoms with Gasteiger partial charge < -0.3 is 14.2 Å². The summed E-state index contributed by atoms with van der Waals surface area (Å²) in [6.07, 6.45) is 6.18. The molecule has 3 aliphatic heterocycles. The smallest absolute Gasteiger partial charge is 0.0946 e. The fourth-order valence-corrected chi connectivity index (χ4v) is 4.00. The Hall–Kier alpha value is -0.120. The number of hydrogen-bond donors (Lipinski definition) is 0. The first-order valence-electron chi connectivity index (χ1n) is 7.34. The minimum absolute atomic E-state index is 0.0839. The lowest BCUT2D eigenvalue weighted by Gasteiger charge is -2.22. The highest BCUT2D eigenvalue weighted by Crippen LogP contribution is 2.56. The van der Waals surface area contributed by atoms with E-state index in [0.29, 0.717) is 24.4 Å². The molecule has 0 aromatic heterocycles. The molecule has 0 bridgehead atoms. The van der Waals surface area contributed by atoms with Crippen molar-refractivity contribution in [3.63, 3.8) is 0 Å². The second-order valence-electron chi connectivity index (χ2n) is 7.87. The molecule has 18 heavy (non-hydrogen) atoms. The van der Waals surface area contributed by atoms with Crippen LogP contribution < -0.4 is 0 Å². The lowest BCUT2D eigenvalue weighted by molar-refractivity contribution is 0.200. The Labute approximate surface area is 109 Å². The average Bonchev–Trinajstić information content (AvgIpc) is 3.14. The molecule has 4 aliphatic rings. The van der Waals surface area contributed by atoms with Crippen molar-refractivity contribution in [3.8, 4) is 0 Å². The van der Waals surface area contributed by atoms with Gasteiger partial charge in [0.25, 0.3) is 0 Å². The SMILES string of the molecule is CC1(C)C[C@H]2O[C@]2(C)CC[C@@H]2O[C@@]2(C)C[C@@H]2O[C@H]21. The van der Waals surface area contributed by atoms with E-state index in [1.54, 1.807) is 0 Å². The zero-order valence-corrected chi connectivity index (χ0v) is 11.9. The second-order valence-corrected chi connectivity index (χ2v) is 7.87. The molecule has 1 saturated carbocycles. The third-order valence-electron chi connectivity index (χ3n) is 5.64. The first kappa shape index (κ1) is 11.7. The van der Waals surface area contributed by atoms with Gasteiger partial charge in [-0.2, -0.15) is 0 Å². The molecule has 0 aromatic rings. The summed E-state index contributed by atoms with van der Waals surface area (Å²) < 4.78 is 17.8. The summed E-state index contributed by atoms with van der Waals surface area (Å²) in [4.78, 5) is 0. The van der Waals surface area contributed by atoms with E-state index >= 15 is 0 Å². The van der Waals surface area contributed by atoms with Gasteiger partial charge in [-0.25, -0.2) is 0 Å². The fraction of sp³-hybridized carbons (Fsp3) is 1.00. The number of rotatable bonds is 0. The van der Waals surface area contributed by atoms with Crippen LogP contribution >= 0.6 is 0 Å². The van der Waals surface area contributed by atoms with E-state index in [0.717, 1.165) is 25.7 Å². The van der Waals surface area contributed by atoms with Crippen LogP contribution in [0.5, 0.6) is 0 Å². The molecule has 0 amide bonds. The van der Waals surface area contributed by atoms with Crippen LogP contribution in [-0.4, -0.2) is 35.6 Å². The van der Waals surface area contributed by atoms with E-state index in [4.69, 9.17) is 14.2 Å². The van der Waals surface area contributed by atoms with E-state index in [-0.39, 0.29) is 16.6 Å². The molecule has 102 valence electrons. The van der Waals surface area contributed by atoms with Crippen LogP contribution in [-0.2, 0) is 14.2 Å². The number of hydrogen-bond acceptors (Lipinski definition) is 3. The van der Waals surface area contributed by atoms with Crippen LogP contribution in [0.3, 0.4) is 0 Å². The van der Waals surface area contributed by atoms with Crippen molar-refractivity contribution in [2.24, 2.45) is 5.41 Å². The van der Waals surface area contributed by atoms with E-state index in [2.05, 4.69) is 27.7 Å². The minimum atomic E-state index is 0.0839. The number of ether oxygens (including phenoxy) is 3. The minimum Gasteiger partial charge on any atom is -0.369 e. The third kappa shape index (κ3) is 1.67. The van der Waals surface area contributed by atoms with E-state index < -0.39 is 0 Å². The van der Waals surface area contributed by atoms with Crippen LogP contribution in [0.15, 0.2) is 0 Å². The second kappa shape index (κ2) is 3.13. The van der Waals surface area contributed by atoms with Crippen molar-refractivity contribution in [3.05, 3.63) is 0 Å². The van der Waals surface area contributed by atoms with Gasteiger partial charge in [0.1, 0.15) is 0 Å². The first-order chi connectivity index (χ1) is 8.32. The highest BCUT2D eigenvalue weighted by Gasteiger charge is 2.64. The molecule has 0 unspecified atom stereocenters. The molecule has 0 radical (unpaired) electrons. The van der Waals surface area contributed by atoms with Gasteiger partial charge in [0.15, 0.2) is 0 Å². The van der Waals surface area contributed by atoms with Gasteiger partial charge in [-0.05, 0) is 38.5 Å². The Bertz CT molecular complexity index is 393. The Morgan fingerprint density at radius 2 is 1.61 bits per heavy atom. The molecule has 3 heteroatoms. The first-order valence-corrected chi connectivity index (χ1v) is 7.34. The maximum absolute atomic E-state index is 5.97. The van der Waals surface area contributed by atoms with Crippen molar-refractivity contribution < 1.29 is 14.2 Å². The normalized spacial score (nSPS) is 60.7. The molecule has 4 rings (SSSR count). The van der Waals surface area contributed by atoms with Crippen molar-refractivity contribution in [1.82, 2.24) is 0 Å². The molecule has 6 atom stereocenters. The summed E-state index contributed by atoms with van der Waals surface area (Å²) in [7, 11) is 0. The van der Waals surface area contributed by atoms with Crippen LogP contribution in [0.4, 0.5) is 0 Å². The molecular weight excluding hydrogens is 228 g/mol. The number of fused-ring (bicyclic) bond motifs is 3. The van der Waals surface area contributed by atoms with Crippen LogP contribution in [0.25, 0.3) is 0 Å². The third-order valence-corrected chi connectivity index (χ3v) is 5.64. The van der Waals surface area contributed by atoms with E-state index in [9.17, 15) is 0 Å². The molecule has 0 aromatic carbocycles. The Balaban J connectivity index is 1.56. The highest BCUT2D eigenvalue weighted by atomic mass is 16.6. The molecule has 0 N–H and O–H groups in total.